The molecule has 0 aromatic carbocycles. The van der Waals surface area contributed by atoms with Crippen molar-refractivity contribution in [3.05, 3.63) is 23.9 Å². The third kappa shape index (κ3) is 6.31. The van der Waals surface area contributed by atoms with Crippen molar-refractivity contribution in [1.29, 1.82) is 0 Å². The van der Waals surface area contributed by atoms with E-state index in [0.29, 0.717) is 12.6 Å². The first kappa shape index (κ1) is 20.3. The molecule has 2 atom stereocenters. The molecule has 1 aliphatic carbocycles. The van der Waals surface area contributed by atoms with Gasteiger partial charge in [0.25, 0.3) is 0 Å². The van der Waals surface area contributed by atoms with Crippen LogP contribution in [0.15, 0.2) is 23.3 Å². The van der Waals surface area contributed by atoms with Crippen LogP contribution in [0.2, 0.25) is 0 Å². The minimum Gasteiger partial charge on any atom is -0.357 e. The molecule has 6 heteroatoms. The Morgan fingerprint density at radius 2 is 1.96 bits per heavy atom. The fraction of sp³-hybridized carbons (Fsp3) is 0.684. The van der Waals surface area contributed by atoms with Gasteiger partial charge < -0.3 is 15.5 Å². The summed E-state index contributed by atoms with van der Waals surface area (Å²) in [5.74, 6) is 2.80. The van der Waals surface area contributed by atoms with Crippen molar-refractivity contribution in [3.63, 3.8) is 0 Å². The van der Waals surface area contributed by atoms with Gasteiger partial charge in [-0.3, -0.25) is 0 Å². The third-order valence-corrected chi connectivity index (χ3v) is 4.93. The van der Waals surface area contributed by atoms with E-state index >= 15 is 0 Å². The van der Waals surface area contributed by atoms with Crippen molar-refractivity contribution in [2.24, 2.45) is 10.9 Å². The highest BCUT2D eigenvalue weighted by molar-refractivity contribution is 14.0. The molecule has 0 bridgehead atoms. The molecule has 1 aliphatic heterocycles. The van der Waals surface area contributed by atoms with Gasteiger partial charge in [0, 0.05) is 31.9 Å². The van der Waals surface area contributed by atoms with E-state index in [9.17, 15) is 0 Å². The van der Waals surface area contributed by atoms with Crippen LogP contribution in [0.4, 0.5) is 5.82 Å². The molecule has 2 fully saturated rings. The summed E-state index contributed by atoms with van der Waals surface area (Å²) in [4.78, 5) is 11.8. The van der Waals surface area contributed by atoms with Crippen molar-refractivity contribution in [1.82, 2.24) is 15.6 Å². The second-order valence-electron chi connectivity index (χ2n) is 7.08. The lowest BCUT2D eigenvalue weighted by atomic mass is 10.2. The molecule has 2 aliphatic rings. The smallest absolute Gasteiger partial charge is 0.191 e. The minimum atomic E-state index is 0. The molecule has 1 saturated carbocycles. The van der Waals surface area contributed by atoms with Crippen LogP contribution in [0.25, 0.3) is 0 Å². The van der Waals surface area contributed by atoms with Gasteiger partial charge in [0.15, 0.2) is 5.96 Å². The van der Waals surface area contributed by atoms with Gasteiger partial charge in [0.2, 0.25) is 0 Å². The van der Waals surface area contributed by atoms with Crippen molar-refractivity contribution < 1.29 is 0 Å². The predicted molar refractivity (Wildman–Crippen MR) is 116 cm³/mol. The zero-order valence-corrected chi connectivity index (χ0v) is 17.8. The van der Waals surface area contributed by atoms with Gasteiger partial charge in [0.1, 0.15) is 5.82 Å². The van der Waals surface area contributed by atoms with Gasteiger partial charge in [-0.15, -0.1) is 24.0 Å². The van der Waals surface area contributed by atoms with E-state index < -0.39 is 0 Å². The Morgan fingerprint density at radius 1 is 1.24 bits per heavy atom. The van der Waals surface area contributed by atoms with E-state index in [2.05, 4.69) is 46.5 Å². The van der Waals surface area contributed by atoms with Crippen molar-refractivity contribution in [2.75, 3.05) is 24.5 Å². The molecule has 1 aromatic heterocycles. The van der Waals surface area contributed by atoms with E-state index in [1.54, 1.807) is 0 Å². The summed E-state index contributed by atoms with van der Waals surface area (Å²) < 4.78 is 0. The summed E-state index contributed by atoms with van der Waals surface area (Å²) in [6.07, 6.45) is 8.49. The molecule has 0 spiro atoms. The number of aliphatic imine (C=N–C) groups is 1. The summed E-state index contributed by atoms with van der Waals surface area (Å²) in [7, 11) is 0. The molecule has 5 nitrogen and oxygen atoms in total. The van der Waals surface area contributed by atoms with Crippen LogP contribution in [0.3, 0.4) is 0 Å². The van der Waals surface area contributed by atoms with Crippen LogP contribution < -0.4 is 15.5 Å². The van der Waals surface area contributed by atoms with E-state index in [1.807, 2.05) is 6.20 Å². The Bertz CT molecular complexity index is 537. The first-order chi connectivity index (χ1) is 11.8. The highest BCUT2D eigenvalue weighted by Crippen LogP contribution is 2.28. The van der Waals surface area contributed by atoms with E-state index in [-0.39, 0.29) is 24.0 Å². The summed E-state index contributed by atoms with van der Waals surface area (Å²) in [6, 6.07) is 4.91. The lowest BCUT2D eigenvalue weighted by Gasteiger charge is -2.21. The van der Waals surface area contributed by atoms with Gasteiger partial charge >= 0.3 is 0 Å². The number of rotatable bonds is 5. The van der Waals surface area contributed by atoms with Gasteiger partial charge in [-0.1, -0.05) is 25.8 Å². The van der Waals surface area contributed by atoms with Crippen LogP contribution >= 0.6 is 24.0 Å². The maximum atomic E-state index is 4.70. The largest absolute Gasteiger partial charge is 0.357 e. The number of aromatic nitrogens is 1. The summed E-state index contributed by atoms with van der Waals surface area (Å²) >= 11 is 0. The molecular formula is C19H32IN5. The average Bonchev–Trinajstić information content (AvgIpc) is 3.35. The summed E-state index contributed by atoms with van der Waals surface area (Å²) in [5, 5.41) is 6.82. The fourth-order valence-corrected chi connectivity index (χ4v) is 3.19. The van der Waals surface area contributed by atoms with Crippen LogP contribution in [0, 0.1) is 5.92 Å². The minimum absolute atomic E-state index is 0. The first-order valence-electron chi connectivity index (χ1n) is 9.51. The lowest BCUT2D eigenvalue weighted by Crippen LogP contribution is -2.39. The fourth-order valence-electron chi connectivity index (χ4n) is 3.19. The van der Waals surface area contributed by atoms with Crippen molar-refractivity contribution in [2.45, 2.75) is 58.5 Å². The quantitative estimate of drug-likeness (QED) is 0.404. The monoisotopic (exact) mass is 457 g/mol. The SMILES string of the molecule is CCNC(=NCc1ccc(N2CCCCCC2)nc1)NC1CC1C.I. The van der Waals surface area contributed by atoms with Crippen LogP contribution in [0.5, 0.6) is 0 Å². The Hall–Kier alpha value is -1.05. The predicted octanol–water partition coefficient (Wildman–Crippen LogP) is 3.54. The van der Waals surface area contributed by atoms with E-state index in [0.717, 1.165) is 42.9 Å². The Labute approximate surface area is 169 Å². The van der Waals surface area contributed by atoms with Gasteiger partial charge in [-0.05, 0) is 43.7 Å². The number of guanidine groups is 1. The Balaban J connectivity index is 0.00000225. The standard InChI is InChI=1S/C19H31N5.HI/c1-3-20-19(23-17-12-15(17)2)22-14-16-8-9-18(21-13-16)24-10-6-4-5-7-11-24;/h8-9,13,15,17H,3-7,10-12,14H2,1-2H3,(H2,20,22,23);1H. The maximum Gasteiger partial charge on any atom is 0.191 e. The molecule has 2 unspecified atom stereocenters. The third-order valence-electron chi connectivity index (χ3n) is 4.93. The molecule has 0 amide bonds. The van der Waals surface area contributed by atoms with Crippen LogP contribution in [0.1, 0.15) is 51.5 Å². The molecule has 2 N–H and O–H groups in total. The van der Waals surface area contributed by atoms with Crippen LogP contribution in [-0.2, 0) is 6.54 Å². The number of halogens is 1. The average molecular weight is 457 g/mol. The van der Waals surface area contributed by atoms with Crippen molar-refractivity contribution >= 4 is 35.8 Å². The summed E-state index contributed by atoms with van der Waals surface area (Å²) in [6.45, 7) is 8.21. The number of nitrogens with zero attached hydrogens (tertiary/aromatic N) is 3. The Kier molecular flexibility index (Phi) is 8.26. The molecule has 25 heavy (non-hydrogen) atoms. The van der Waals surface area contributed by atoms with Gasteiger partial charge in [-0.25, -0.2) is 9.98 Å². The highest BCUT2D eigenvalue weighted by atomic mass is 127. The zero-order chi connectivity index (χ0) is 16.8. The molecule has 2 heterocycles. The highest BCUT2D eigenvalue weighted by Gasteiger charge is 2.33. The lowest BCUT2D eigenvalue weighted by molar-refractivity contribution is 0.726. The molecule has 1 saturated heterocycles. The van der Waals surface area contributed by atoms with E-state index in [4.69, 9.17) is 4.99 Å². The number of anilines is 1. The molecular weight excluding hydrogens is 425 g/mol. The normalized spacial score (nSPS) is 23.4. The number of nitrogens with one attached hydrogen (secondary N) is 2. The second-order valence-corrected chi connectivity index (χ2v) is 7.08. The molecule has 3 rings (SSSR count). The molecule has 0 radical (unpaired) electrons. The topological polar surface area (TPSA) is 52.6 Å². The van der Waals surface area contributed by atoms with Gasteiger partial charge in [-0.2, -0.15) is 0 Å². The Morgan fingerprint density at radius 3 is 2.52 bits per heavy atom. The summed E-state index contributed by atoms with van der Waals surface area (Å²) in [5.41, 5.74) is 1.16. The van der Waals surface area contributed by atoms with E-state index in [1.165, 1.54) is 32.1 Å². The molecule has 1 aromatic rings. The number of pyridine rings is 1. The van der Waals surface area contributed by atoms with Crippen molar-refractivity contribution in [3.8, 4) is 0 Å². The second kappa shape index (κ2) is 10.2. The number of hydrogen-bond donors (Lipinski definition) is 2. The number of hydrogen-bond acceptors (Lipinski definition) is 3. The van der Waals surface area contributed by atoms with Crippen LogP contribution in [-0.4, -0.2) is 36.6 Å². The maximum absolute atomic E-state index is 4.70. The first-order valence-corrected chi connectivity index (χ1v) is 9.51. The zero-order valence-electron chi connectivity index (χ0n) is 15.5. The molecule has 140 valence electrons. The van der Waals surface area contributed by atoms with Gasteiger partial charge in [0.05, 0.1) is 6.54 Å².